The minimum Gasteiger partial charge on any atom is -0.481 e. The van der Waals surface area contributed by atoms with Gasteiger partial charge >= 0.3 is 5.97 Å². The predicted molar refractivity (Wildman–Crippen MR) is 52.0 cm³/mol. The second kappa shape index (κ2) is 5.28. The van der Waals surface area contributed by atoms with Crippen molar-refractivity contribution in [3.8, 4) is 0 Å². The molecule has 3 N–H and O–H groups in total. The smallest absolute Gasteiger partial charge is 0.304 e. The summed E-state index contributed by atoms with van der Waals surface area (Å²) >= 11 is 0. The molecule has 0 aromatic carbocycles. The van der Waals surface area contributed by atoms with Crippen molar-refractivity contribution in [1.82, 2.24) is 9.44 Å². The molecule has 7 heteroatoms. The number of hydrogen-bond donors (Lipinski definition) is 3. The summed E-state index contributed by atoms with van der Waals surface area (Å²) < 4.78 is 26.5. The van der Waals surface area contributed by atoms with Crippen LogP contribution in [0.5, 0.6) is 0 Å². The number of carboxylic acid groups (broad SMARTS) is 1. The van der Waals surface area contributed by atoms with E-state index in [1.807, 2.05) is 0 Å². The first-order chi connectivity index (χ1) is 6.28. The molecule has 1 unspecified atom stereocenters. The van der Waals surface area contributed by atoms with Crippen LogP contribution in [0.15, 0.2) is 0 Å². The van der Waals surface area contributed by atoms with Crippen LogP contribution in [0.1, 0.15) is 20.3 Å². The lowest BCUT2D eigenvalue weighted by Crippen LogP contribution is -2.44. The number of carboxylic acids is 1. The molecule has 0 fully saturated rings. The van der Waals surface area contributed by atoms with Crippen LogP contribution in [0.25, 0.3) is 0 Å². The van der Waals surface area contributed by atoms with E-state index >= 15 is 0 Å². The Kier molecular flexibility index (Phi) is 5.03. The van der Waals surface area contributed by atoms with Gasteiger partial charge in [-0.2, -0.15) is 13.1 Å². The van der Waals surface area contributed by atoms with Crippen LogP contribution >= 0.6 is 0 Å². The lowest BCUT2D eigenvalue weighted by Gasteiger charge is -2.19. The van der Waals surface area contributed by atoms with Crippen LogP contribution < -0.4 is 9.44 Å². The van der Waals surface area contributed by atoms with Crippen molar-refractivity contribution in [1.29, 1.82) is 0 Å². The zero-order chi connectivity index (χ0) is 11.4. The topological polar surface area (TPSA) is 95.5 Å². The monoisotopic (exact) mass is 224 g/mol. The Labute approximate surface area is 83.9 Å². The molecule has 1 atom stereocenters. The van der Waals surface area contributed by atoms with Gasteiger partial charge in [0.1, 0.15) is 0 Å². The molecule has 0 aromatic rings. The highest BCUT2D eigenvalue weighted by molar-refractivity contribution is 7.87. The Morgan fingerprint density at radius 1 is 1.43 bits per heavy atom. The highest BCUT2D eigenvalue weighted by atomic mass is 32.2. The fourth-order valence-corrected chi connectivity index (χ4v) is 1.73. The third-order valence-corrected chi connectivity index (χ3v) is 2.93. The van der Waals surface area contributed by atoms with Crippen molar-refractivity contribution in [3.05, 3.63) is 0 Å². The van der Waals surface area contributed by atoms with E-state index in [1.165, 1.54) is 7.05 Å². The zero-order valence-corrected chi connectivity index (χ0v) is 9.26. The molecular weight excluding hydrogens is 208 g/mol. The lowest BCUT2D eigenvalue weighted by atomic mass is 10.0. The fourth-order valence-electron chi connectivity index (χ4n) is 0.860. The number of aliphatic carboxylic acids is 1. The van der Waals surface area contributed by atoms with Crippen molar-refractivity contribution in [3.63, 3.8) is 0 Å². The average molecular weight is 224 g/mol. The Morgan fingerprint density at radius 3 is 2.21 bits per heavy atom. The lowest BCUT2D eigenvalue weighted by molar-refractivity contribution is -0.137. The van der Waals surface area contributed by atoms with E-state index in [0.717, 1.165) is 0 Å². The molecule has 0 bridgehead atoms. The molecule has 0 spiro atoms. The van der Waals surface area contributed by atoms with Crippen molar-refractivity contribution in [2.75, 3.05) is 7.05 Å². The number of nitrogens with one attached hydrogen (secondary N) is 2. The first-order valence-corrected chi connectivity index (χ1v) is 5.69. The summed E-state index contributed by atoms with van der Waals surface area (Å²) in [5.74, 6) is -1.10. The van der Waals surface area contributed by atoms with Crippen molar-refractivity contribution >= 4 is 16.2 Å². The highest BCUT2D eigenvalue weighted by Crippen LogP contribution is 2.06. The van der Waals surface area contributed by atoms with Gasteiger partial charge in [0.25, 0.3) is 10.2 Å². The Bertz CT molecular complexity index is 286. The molecule has 84 valence electrons. The summed E-state index contributed by atoms with van der Waals surface area (Å²) in [5.41, 5.74) is 0. The van der Waals surface area contributed by atoms with E-state index < -0.39 is 22.2 Å². The van der Waals surface area contributed by atoms with Crippen molar-refractivity contribution in [2.45, 2.75) is 26.3 Å². The standard InChI is InChI=1S/C7H16N2O4S/c1-5(2)6(4-7(10)11)9-14(12,13)8-3/h5-6,8-9H,4H2,1-3H3,(H,10,11). The summed E-state index contributed by atoms with van der Waals surface area (Å²) in [6.07, 6.45) is -0.224. The normalized spacial score (nSPS) is 14.3. The van der Waals surface area contributed by atoms with Gasteiger partial charge in [-0.05, 0) is 5.92 Å². The molecule has 0 saturated heterocycles. The molecule has 0 aliphatic rings. The van der Waals surface area contributed by atoms with E-state index in [1.54, 1.807) is 13.8 Å². The minimum atomic E-state index is -3.57. The SMILES string of the molecule is CNS(=O)(=O)NC(CC(=O)O)C(C)C. The van der Waals surface area contributed by atoms with E-state index in [0.29, 0.717) is 0 Å². The van der Waals surface area contributed by atoms with Gasteiger partial charge < -0.3 is 5.11 Å². The largest absolute Gasteiger partial charge is 0.481 e. The molecule has 14 heavy (non-hydrogen) atoms. The van der Waals surface area contributed by atoms with Gasteiger partial charge in [-0.15, -0.1) is 0 Å². The number of hydrogen-bond acceptors (Lipinski definition) is 3. The maximum absolute atomic E-state index is 11.1. The fraction of sp³-hybridized carbons (Fsp3) is 0.857. The summed E-state index contributed by atoms with van der Waals surface area (Å²) in [7, 11) is -2.31. The van der Waals surface area contributed by atoms with E-state index in [-0.39, 0.29) is 12.3 Å². The Hall–Kier alpha value is -0.660. The van der Waals surface area contributed by atoms with Gasteiger partial charge in [0, 0.05) is 13.1 Å². The number of rotatable bonds is 6. The molecular formula is C7H16N2O4S. The van der Waals surface area contributed by atoms with E-state index in [2.05, 4.69) is 9.44 Å². The van der Waals surface area contributed by atoms with Gasteiger partial charge in [0.05, 0.1) is 6.42 Å². The highest BCUT2D eigenvalue weighted by Gasteiger charge is 2.21. The molecule has 0 aliphatic carbocycles. The molecule has 0 aliphatic heterocycles. The molecule has 6 nitrogen and oxygen atoms in total. The predicted octanol–water partition coefficient (Wildman–Crippen LogP) is -0.461. The summed E-state index contributed by atoms with van der Waals surface area (Å²) in [6, 6.07) is -0.593. The van der Waals surface area contributed by atoms with Crippen LogP contribution in [0.4, 0.5) is 0 Å². The van der Waals surface area contributed by atoms with Gasteiger partial charge in [-0.25, -0.2) is 4.72 Å². The molecule has 0 rings (SSSR count). The second-order valence-electron chi connectivity index (χ2n) is 3.27. The maximum atomic E-state index is 11.1. The molecule has 0 radical (unpaired) electrons. The Morgan fingerprint density at radius 2 is 1.93 bits per heavy atom. The summed E-state index contributed by atoms with van der Waals surface area (Å²) in [5, 5.41) is 8.55. The average Bonchev–Trinajstić information content (AvgIpc) is 2.02. The third-order valence-electron chi connectivity index (χ3n) is 1.77. The summed E-state index contributed by atoms with van der Waals surface area (Å²) in [4.78, 5) is 10.4. The zero-order valence-electron chi connectivity index (χ0n) is 8.44. The second-order valence-corrected chi connectivity index (χ2v) is 4.92. The summed E-state index contributed by atoms with van der Waals surface area (Å²) in [6.45, 7) is 3.51. The van der Waals surface area contributed by atoms with E-state index in [9.17, 15) is 13.2 Å². The van der Waals surface area contributed by atoms with Crippen LogP contribution in [0.3, 0.4) is 0 Å². The molecule has 0 heterocycles. The van der Waals surface area contributed by atoms with Crippen LogP contribution in [0.2, 0.25) is 0 Å². The van der Waals surface area contributed by atoms with Crippen LogP contribution in [-0.2, 0) is 15.0 Å². The first-order valence-electron chi connectivity index (χ1n) is 4.21. The van der Waals surface area contributed by atoms with Crippen LogP contribution in [0, 0.1) is 5.92 Å². The van der Waals surface area contributed by atoms with Gasteiger partial charge in [0.2, 0.25) is 0 Å². The van der Waals surface area contributed by atoms with Crippen molar-refractivity contribution < 1.29 is 18.3 Å². The maximum Gasteiger partial charge on any atom is 0.304 e. The first kappa shape index (κ1) is 13.3. The molecule has 0 aromatic heterocycles. The molecule has 0 amide bonds. The Balaban J connectivity index is 4.46. The van der Waals surface area contributed by atoms with Crippen molar-refractivity contribution in [2.24, 2.45) is 5.92 Å². The van der Waals surface area contributed by atoms with Gasteiger partial charge in [0.15, 0.2) is 0 Å². The van der Waals surface area contributed by atoms with Gasteiger partial charge in [-0.3, -0.25) is 4.79 Å². The quantitative estimate of drug-likeness (QED) is 0.569. The third kappa shape index (κ3) is 5.15. The molecule has 0 saturated carbocycles. The van der Waals surface area contributed by atoms with Crippen LogP contribution in [-0.4, -0.2) is 32.6 Å². The minimum absolute atomic E-state index is 0.0748. The van der Waals surface area contributed by atoms with E-state index in [4.69, 9.17) is 5.11 Å². The number of carbonyl (C=O) groups is 1. The van der Waals surface area contributed by atoms with Gasteiger partial charge in [-0.1, -0.05) is 13.8 Å².